The Bertz CT molecular complexity index is 1610. The standard InChI is InChI=1S/C33H41N5O4S/c1-36-25-26(17-18-34)31-24-29(15-16-32(31)36)42-23-7-3-6-10-33(39)38-21-19-37(20-22-38)28-13-11-27(12-14-28)35-43(40,41)30-8-4-2-5-9-30/h2,4-5,8-9,11-16,24-25,35H,3,6-7,10,17-23,34H2,1H3. The molecule has 228 valence electrons. The number of nitrogens with one attached hydrogen (secondary N) is 1. The van der Waals surface area contributed by atoms with Crippen molar-refractivity contribution in [3.8, 4) is 5.75 Å². The maximum Gasteiger partial charge on any atom is 0.261 e. The monoisotopic (exact) mass is 603 g/mol. The number of carbonyl (C=O) groups excluding carboxylic acids is 1. The first-order chi connectivity index (χ1) is 20.8. The molecular weight excluding hydrogens is 562 g/mol. The van der Waals surface area contributed by atoms with Gasteiger partial charge in [0.1, 0.15) is 5.75 Å². The average Bonchev–Trinajstić information content (AvgIpc) is 3.33. The Morgan fingerprint density at radius 3 is 2.40 bits per heavy atom. The highest BCUT2D eigenvalue weighted by Gasteiger charge is 2.21. The molecule has 1 aliphatic heterocycles. The van der Waals surface area contributed by atoms with Crippen LogP contribution in [-0.2, 0) is 28.3 Å². The number of aromatic nitrogens is 1. The summed E-state index contributed by atoms with van der Waals surface area (Å²) in [7, 11) is -1.58. The second kappa shape index (κ2) is 14.0. The third-order valence-corrected chi connectivity index (χ3v) is 9.33. The molecule has 0 radical (unpaired) electrons. The predicted molar refractivity (Wildman–Crippen MR) is 172 cm³/mol. The van der Waals surface area contributed by atoms with Crippen molar-refractivity contribution < 1.29 is 17.9 Å². The van der Waals surface area contributed by atoms with Crippen molar-refractivity contribution in [2.75, 3.05) is 49.0 Å². The van der Waals surface area contributed by atoms with Crippen molar-refractivity contribution >= 4 is 38.2 Å². The van der Waals surface area contributed by atoms with Crippen molar-refractivity contribution in [1.82, 2.24) is 9.47 Å². The van der Waals surface area contributed by atoms with Gasteiger partial charge in [-0.1, -0.05) is 18.2 Å². The van der Waals surface area contributed by atoms with Crippen molar-refractivity contribution in [3.63, 3.8) is 0 Å². The second-order valence-electron chi connectivity index (χ2n) is 11.0. The minimum Gasteiger partial charge on any atom is -0.494 e. The number of rotatable bonds is 13. The second-order valence-corrected chi connectivity index (χ2v) is 12.7. The Balaban J connectivity index is 0.999. The van der Waals surface area contributed by atoms with Crippen LogP contribution in [0.2, 0.25) is 0 Å². The number of hydrogen-bond donors (Lipinski definition) is 2. The number of nitrogens with zero attached hydrogens (tertiary/aromatic N) is 3. The van der Waals surface area contributed by atoms with E-state index in [0.29, 0.717) is 38.3 Å². The number of amides is 1. The Hall–Kier alpha value is -4.02. The van der Waals surface area contributed by atoms with Gasteiger partial charge < -0.3 is 24.8 Å². The Labute approximate surface area is 254 Å². The van der Waals surface area contributed by atoms with Gasteiger partial charge in [-0.2, -0.15) is 0 Å². The van der Waals surface area contributed by atoms with Gasteiger partial charge in [-0.25, -0.2) is 8.42 Å². The number of anilines is 2. The lowest BCUT2D eigenvalue weighted by Gasteiger charge is -2.36. The van der Waals surface area contributed by atoms with E-state index in [9.17, 15) is 13.2 Å². The van der Waals surface area contributed by atoms with Crippen molar-refractivity contribution in [1.29, 1.82) is 0 Å². The summed E-state index contributed by atoms with van der Waals surface area (Å²) in [5.41, 5.74) is 9.72. The lowest BCUT2D eigenvalue weighted by Crippen LogP contribution is -2.48. The molecule has 2 heterocycles. The zero-order valence-electron chi connectivity index (χ0n) is 24.7. The lowest BCUT2D eigenvalue weighted by molar-refractivity contribution is -0.131. The topological polar surface area (TPSA) is 110 Å². The molecule has 1 aromatic heterocycles. The van der Waals surface area contributed by atoms with E-state index >= 15 is 0 Å². The van der Waals surface area contributed by atoms with Crippen LogP contribution < -0.4 is 20.1 Å². The minimum atomic E-state index is -3.62. The maximum absolute atomic E-state index is 12.8. The molecule has 9 nitrogen and oxygen atoms in total. The van der Waals surface area contributed by atoms with E-state index in [1.165, 1.54) is 16.5 Å². The zero-order chi connectivity index (χ0) is 30.2. The van der Waals surface area contributed by atoms with Gasteiger partial charge in [0, 0.05) is 68.1 Å². The van der Waals surface area contributed by atoms with Gasteiger partial charge >= 0.3 is 0 Å². The molecule has 1 amide bonds. The van der Waals surface area contributed by atoms with E-state index in [0.717, 1.165) is 50.2 Å². The van der Waals surface area contributed by atoms with Crippen LogP contribution in [0.15, 0.2) is 83.9 Å². The fourth-order valence-electron chi connectivity index (χ4n) is 5.57. The van der Waals surface area contributed by atoms with E-state index in [-0.39, 0.29) is 10.8 Å². The number of fused-ring (bicyclic) bond motifs is 1. The fourth-order valence-corrected chi connectivity index (χ4v) is 6.65. The molecule has 0 saturated carbocycles. The first kappa shape index (κ1) is 30.4. The smallest absolute Gasteiger partial charge is 0.261 e. The molecule has 1 fully saturated rings. The number of hydrogen-bond acceptors (Lipinski definition) is 6. The largest absolute Gasteiger partial charge is 0.494 e. The molecule has 10 heteroatoms. The number of carbonyl (C=O) groups is 1. The first-order valence-corrected chi connectivity index (χ1v) is 16.4. The summed E-state index contributed by atoms with van der Waals surface area (Å²) in [5, 5.41) is 1.19. The summed E-state index contributed by atoms with van der Waals surface area (Å²) in [6.45, 7) is 4.09. The molecule has 3 N–H and O–H groups in total. The summed E-state index contributed by atoms with van der Waals surface area (Å²) in [5.74, 6) is 1.07. The number of ether oxygens (including phenoxy) is 1. The summed E-state index contributed by atoms with van der Waals surface area (Å²) < 4.78 is 35.9. The molecule has 5 rings (SSSR count). The van der Waals surface area contributed by atoms with Crippen LogP contribution in [0.3, 0.4) is 0 Å². The molecule has 0 spiro atoms. The molecule has 0 bridgehead atoms. The summed E-state index contributed by atoms with van der Waals surface area (Å²) in [6, 6.07) is 21.9. The van der Waals surface area contributed by atoms with Gasteiger partial charge in [0.25, 0.3) is 10.0 Å². The quantitative estimate of drug-likeness (QED) is 0.213. The van der Waals surface area contributed by atoms with Gasteiger partial charge in [-0.05, 0) is 92.4 Å². The number of unbranched alkanes of at least 4 members (excludes halogenated alkanes) is 2. The minimum absolute atomic E-state index is 0.202. The summed E-state index contributed by atoms with van der Waals surface area (Å²) in [6.07, 6.45) is 6.23. The lowest BCUT2D eigenvalue weighted by atomic mass is 10.1. The maximum atomic E-state index is 12.8. The molecule has 0 aliphatic carbocycles. The van der Waals surface area contributed by atoms with Crippen LogP contribution >= 0.6 is 0 Å². The Morgan fingerprint density at radius 1 is 0.930 bits per heavy atom. The molecule has 0 atom stereocenters. The zero-order valence-corrected chi connectivity index (χ0v) is 25.6. The van der Waals surface area contributed by atoms with E-state index in [4.69, 9.17) is 10.5 Å². The van der Waals surface area contributed by atoms with E-state index in [1.807, 2.05) is 30.1 Å². The van der Waals surface area contributed by atoms with Crippen LogP contribution in [0.5, 0.6) is 5.75 Å². The highest BCUT2D eigenvalue weighted by molar-refractivity contribution is 7.92. The Morgan fingerprint density at radius 2 is 1.67 bits per heavy atom. The molecule has 1 aliphatic rings. The van der Waals surface area contributed by atoms with Crippen molar-refractivity contribution in [2.24, 2.45) is 12.8 Å². The summed E-state index contributed by atoms with van der Waals surface area (Å²) >= 11 is 0. The molecular formula is C33H41N5O4S. The van der Waals surface area contributed by atoms with Gasteiger partial charge in [-0.3, -0.25) is 9.52 Å². The van der Waals surface area contributed by atoms with Crippen molar-refractivity contribution in [3.05, 3.63) is 84.6 Å². The number of nitrogens with two attached hydrogens (primary N) is 1. The molecule has 0 unspecified atom stereocenters. The van der Waals surface area contributed by atoms with Crippen LogP contribution in [0, 0.1) is 0 Å². The summed E-state index contributed by atoms with van der Waals surface area (Å²) in [4.78, 5) is 17.2. The molecule has 43 heavy (non-hydrogen) atoms. The van der Waals surface area contributed by atoms with Gasteiger partial charge in [0.15, 0.2) is 0 Å². The highest BCUT2D eigenvalue weighted by Crippen LogP contribution is 2.26. The van der Waals surface area contributed by atoms with Gasteiger partial charge in [0.2, 0.25) is 5.91 Å². The number of piperazine rings is 1. The van der Waals surface area contributed by atoms with E-state index in [2.05, 4.69) is 32.5 Å². The SMILES string of the molecule is Cn1cc(CCN)c2cc(OCCCCCC(=O)N3CCN(c4ccc(NS(=O)(=O)c5ccccc5)cc4)CC3)ccc21. The molecule has 1 saturated heterocycles. The van der Waals surface area contributed by atoms with Gasteiger partial charge in [0.05, 0.1) is 11.5 Å². The molecule has 4 aromatic rings. The van der Waals surface area contributed by atoms with E-state index < -0.39 is 10.0 Å². The number of aryl methyl sites for hydroxylation is 1. The molecule has 3 aromatic carbocycles. The van der Waals surface area contributed by atoms with Crippen LogP contribution in [0.25, 0.3) is 10.9 Å². The van der Waals surface area contributed by atoms with E-state index in [1.54, 1.807) is 42.5 Å². The van der Waals surface area contributed by atoms with Crippen LogP contribution in [0.4, 0.5) is 11.4 Å². The number of benzene rings is 3. The predicted octanol–water partition coefficient (Wildman–Crippen LogP) is 4.77. The average molecular weight is 604 g/mol. The van der Waals surface area contributed by atoms with Crippen LogP contribution in [-0.4, -0.2) is 63.1 Å². The highest BCUT2D eigenvalue weighted by atomic mass is 32.2. The van der Waals surface area contributed by atoms with Crippen molar-refractivity contribution in [2.45, 2.75) is 37.0 Å². The Kier molecular flexibility index (Phi) is 9.89. The third kappa shape index (κ3) is 7.69. The normalized spacial score (nSPS) is 13.8. The third-order valence-electron chi connectivity index (χ3n) is 7.93. The van der Waals surface area contributed by atoms with Crippen LogP contribution in [0.1, 0.15) is 31.2 Å². The fraction of sp³-hybridized carbons (Fsp3) is 0.364. The first-order valence-electron chi connectivity index (χ1n) is 15.0. The number of sulfonamides is 1. The van der Waals surface area contributed by atoms with Gasteiger partial charge in [-0.15, -0.1) is 0 Å².